The zero-order valence-electron chi connectivity index (χ0n) is 18.2. The van der Waals surface area contributed by atoms with E-state index in [-0.39, 0.29) is 22.9 Å². The van der Waals surface area contributed by atoms with Gasteiger partial charge in [-0.3, -0.25) is 4.79 Å². The van der Waals surface area contributed by atoms with E-state index in [4.69, 9.17) is 4.74 Å². The summed E-state index contributed by atoms with van der Waals surface area (Å²) >= 11 is 0. The molecule has 0 heterocycles. The number of rotatable bonds is 5. The molecule has 1 N–H and O–H groups in total. The second-order valence-corrected chi connectivity index (χ2v) is 10.3. The summed E-state index contributed by atoms with van der Waals surface area (Å²) in [7, 11) is 0. The van der Waals surface area contributed by atoms with Crippen molar-refractivity contribution in [3.63, 3.8) is 0 Å². The monoisotopic (exact) mass is 386 g/mol. The Bertz CT molecular complexity index is 692. The van der Waals surface area contributed by atoms with Crippen LogP contribution in [0, 0.1) is 34.5 Å². The molecule has 0 aromatic rings. The summed E-state index contributed by atoms with van der Waals surface area (Å²) in [4.78, 5) is 12.8. The lowest BCUT2D eigenvalue weighted by atomic mass is 9.47. The second-order valence-electron chi connectivity index (χ2n) is 10.3. The zero-order valence-corrected chi connectivity index (χ0v) is 18.2. The molecule has 1 unspecified atom stereocenters. The number of ether oxygens (including phenoxy) is 1. The number of carbonyl (C=O) groups is 1. The van der Waals surface area contributed by atoms with Crippen LogP contribution < -0.4 is 0 Å². The highest BCUT2D eigenvalue weighted by molar-refractivity contribution is 5.82. The van der Waals surface area contributed by atoms with Crippen LogP contribution in [0.5, 0.6) is 0 Å². The fourth-order valence-electron chi connectivity index (χ4n) is 7.68. The molecule has 156 valence electrons. The predicted octanol–water partition coefficient (Wildman–Crippen LogP) is 5.44. The predicted molar refractivity (Wildman–Crippen MR) is 112 cm³/mol. The van der Waals surface area contributed by atoms with E-state index in [2.05, 4.69) is 32.9 Å². The van der Waals surface area contributed by atoms with E-state index >= 15 is 0 Å². The van der Waals surface area contributed by atoms with Crippen molar-refractivity contribution in [3.8, 4) is 0 Å². The molecule has 3 nitrogen and oxygen atoms in total. The molecular formula is C25H38O3. The van der Waals surface area contributed by atoms with Crippen LogP contribution in [0.25, 0.3) is 0 Å². The minimum absolute atomic E-state index is 0.0183. The molecule has 7 atom stereocenters. The average molecular weight is 387 g/mol. The Morgan fingerprint density at radius 1 is 1.29 bits per heavy atom. The summed E-state index contributed by atoms with van der Waals surface area (Å²) in [6, 6.07) is 0. The molecule has 28 heavy (non-hydrogen) atoms. The van der Waals surface area contributed by atoms with E-state index in [9.17, 15) is 9.90 Å². The van der Waals surface area contributed by atoms with Gasteiger partial charge in [0.15, 0.2) is 0 Å². The van der Waals surface area contributed by atoms with E-state index < -0.39 is 0 Å². The standard InChI is InChI=1S/C25H38O3/c1-5-7-21(26)20-11-10-19-18-9-8-16-14-17(28-6-2)12-13-24(16,3)23(18)22(27)15-25(19,20)4/h8,14,18-20,22-23,27H,5-7,9-13,15H2,1-4H3/t18?,19-,20+,22-,23+,24-,25-/m0/s1. The smallest absolute Gasteiger partial charge is 0.136 e. The van der Waals surface area contributed by atoms with Gasteiger partial charge in [0.1, 0.15) is 5.78 Å². The first-order valence-corrected chi connectivity index (χ1v) is 11.6. The summed E-state index contributed by atoms with van der Waals surface area (Å²) < 4.78 is 5.81. The second kappa shape index (κ2) is 7.31. The molecule has 0 aliphatic heterocycles. The Kier molecular flexibility index (Phi) is 5.27. The summed E-state index contributed by atoms with van der Waals surface area (Å²) in [5, 5.41) is 11.4. The number of hydrogen-bond acceptors (Lipinski definition) is 3. The van der Waals surface area contributed by atoms with Crippen molar-refractivity contribution in [2.24, 2.45) is 34.5 Å². The first kappa shape index (κ1) is 20.2. The van der Waals surface area contributed by atoms with Crippen molar-refractivity contribution in [2.75, 3.05) is 6.61 Å². The maximum Gasteiger partial charge on any atom is 0.136 e. The van der Waals surface area contributed by atoms with Gasteiger partial charge in [0.25, 0.3) is 0 Å². The molecule has 0 radical (unpaired) electrons. The van der Waals surface area contributed by atoms with Crippen LogP contribution in [-0.2, 0) is 9.53 Å². The fourth-order valence-corrected chi connectivity index (χ4v) is 7.68. The molecule has 2 saturated carbocycles. The van der Waals surface area contributed by atoms with Crippen molar-refractivity contribution in [1.29, 1.82) is 0 Å². The van der Waals surface area contributed by atoms with Gasteiger partial charge in [-0.2, -0.15) is 0 Å². The van der Waals surface area contributed by atoms with Crippen molar-refractivity contribution >= 4 is 5.78 Å². The normalized spacial score (nSPS) is 44.7. The third kappa shape index (κ3) is 2.91. The number of allylic oxidation sites excluding steroid dienone is 4. The molecule has 0 saturated heterocycles. The number of Topliss-reactive ketones (excluding diaryl/α,β-unsaturated/α-hetero) is 1. The molecule has 4 rings (SSSR count). The SMILES string of the molecule is CCCC(=O)[C@H]1CC[C@H]2C3CC=C4C=C(OCC)CC[C@]4(C)[C@H]3[C@@H](O)C[C@]12C. The van der Waals surface area contributed by atoms with Gasteiger partial charge in [0.05, 0.1) is 18.5 Å². The Hall–Kier alpha value is -1.09. The average Bonchev–Trinajstić information content (AvgIpc) is 2.98. The van der Waals surface area contributed by atoms with Crippen LogP contribution >= 0.6 is 0 Å². The Labute approximate surface area is 170 Å². The van der Waals surface area contributed by atoms with Crippen molar-refractivity contribution < 1.29 is 14.6 Å². The van der Waals surface area contributed by atoms with Crippen LogP contribution in [0.15, 0.2) is 23.5 Å². The maximum atomic E-state index is 12.8. The van der Waals surface area contributed by atoms with Gasteiger partial charge < -0.3 is 9.84 Å². The summed E-state index contributed by atoms with van der Waals surface area (Å²) in [5.74, 6) is 3.08. The maximum absolute atomic E-state index is 12.8. The molecule has 0 aromatic carbocycles. The van der Waals surface area contributed by atoms with Gasteiger partial charge >= 0.3 is 0 Å². The molecule has 0 aromatic heterocycles. The number of aliphatic hydroxyl groups excluding tert-OH is 1. The van der Waals surface area contributed by atoms with Crippen molar-refractivity contribution in [1.82, 2.24) is 0 Å². The highest BCUT2D eigenvalue weighted by Crippen LogP contribution is 2.66. The Balaban J connectivity index is 1.65. The molecule has 2 fully saturated rings. The van der Waals surface area contributed by atoms with E-state index in [0.29, 0.717) is 30.0 Å². The lowest BCUT2D eigenvalue weighted by Crippen LogP contribution is -2.56. The van der Waals surface area contributed by atoms with E-state index in [1.807, 2.05) is 6.92 Å². The number of aliphatic hydroxyl groups is 1. The highest BCUT2D eigenvalue weighted by atomic mass is 16.5. The molecule has 0 spiro atoms. The third-order valence-corrected chi connectivity index (χ3v) is 8.88. The Morgan fingerprint density at radius 2 is 2.07 bits per heavy atom. The van der Waals surface area contributed by atoms with Crippen LogP contribution in [0.1, 0.15) is 79.1 Å². The van der Waals surface area contributed by atoms with Gasteiger partial charge in [-0.15, -0.1) is 0 Å². The lowest BCUT2D eigenvalue weighted by molar-refractivity contribution is -0.139. The largest absolute Gasteiger partial charge is 0.498 e. The van der Waals surface area contributed by atoms with Crippen molar-refractivity contribution in [2.45, 2.75) is 85.2 Å². The Morgan fingerprint density at radius 3 is 2.79 bits per heavy atom. The molecule has 3 heteroatoms. The first-order chi connectivity index (χ1) is 13.3. The topological polar surface area (TPSA) is 46.5 Å². The highest BCUT2D eigenvalue weighted by Gasteiger charge is 2.62. The summed E-state index contributed by atoms with van der Waals surface area (Å²) in [6.07, 6.45) is 12.1. The molecule has 4 aliphatic carbocycles. The van der Waals surface area contributed by atoms with Gasteiger partial charge in [-0.05, 0) is 85.7 Å². The van der Waals surface area contributed by atoms with E-state index in [1.54, 1.807) is 0 Å². The molecule has 0 bridgehead atoms. The number of carbonyl (C=O) groups excluding carboxylic acids is 1. The summed E-state index contributed by atoms with van der Waals surface area (Å²) in [6.45, 7) is 9.55. The minimum Gasteiger partial charge on any atom is -0.498 e. The van der Waals surface area contributed by atoms with E-state index in [1.165, 1.54) is 5.57 Å². The van der Waals surface area contributed by atoms with Crippen molar-refractivity contribution in [3.05, 3.63) is 23.5 Å². The number of fused-ring (bicyclic) bond motifs is 5. The summed E-state index contributed by atoms with van der Waals surface area (Å²) in [5.41, 5.74) is 1.40. The van der Waals surface area contributed by atoms with Gasteiger partial charge in [0.2, 0.25) is 0 Å². The number of ketones is 1. The van der Waals surface area contributed by atoms with Crippen LogP contribution in [0.4, 0.5) is 0 Å². The van der Waals surface area contributed by atoms with Gasteiger partial charge in [0, 0.05) is 18.8 Å². The molecule has 4 aliphatic rings. The zero-order chi connectivity index (χ0) is 20.1. The number of hydrogen-bond donors (Lipinski definition) is 1. The first-order valence-electron chi connectivity index (χ1n) is 11.6. The van der Waals surface area contributed by atoms with Crippen LogP contribution in [0.2, 0.25) is 0 Å². The lowest BCUT2D eigenvalue weighted by Gasteiger charge is -2.58. The molecular weight excluding hydrogens is 348 g/mol. The fraction of sp³-hybridized carbons (Fsp3) is 0.800. The van der Waals surface area contributed by atoms with Crippen LogP contribution in [0.3, 0.4) is 0 Å². The third-order valence-electron chi connectivity index (χ3n) is 8.88. The molecule has 0 amide bonds. The minimum atomic E-state index is -0.308. The van der Waals surface area contributed by atoms with Crippen LogP contribution in [-0.4, -0.2) is 23.6 Å². The van der Waals surface area contributed by atoms with Gasteiger partial charge in [-0.1, -0.05) is 26.8 Å². The quantitative estimate of drug-likeness (QED) is 0.685. The van der Waals surface area contributed by atoms with E-state index in [0.717, 1.165) is 57.3 Å². The van der Waals surface area contributed by atoms with Gasteiger partial charge in [-0.25, -0.2) is 0 Å².